The van der Waals surface area contributed by atoms with Crippen molar-refractivity contribution in [1.29, 1.82) is 0 Å². The number of nitrogens with one attached hydrogen (secondary N) is 1. The summed E-state index contributed by atoms with van der Waals surface area (Å²) in [5.41, 5.74) is -1.03. The standard InChI is InChI=1S/C10H11N3O6/c1-2-7(10(14)15)11-8-4-3-6(12(16)17)5-9(8)13(18)19/h3-5,7,11H,2H2,1H3,(H,14,15). The molecule has 0 aliphatic heterocycles. The molecule has 9 heteroatoms. The number of hydrogen-bond acceptors (Lipinski definition) is 6. The Bertz CT molecular complexity index is 530. The molecule has 1 rings (SSSR count). The first-order valence-electron chi connectivity index (χ1n) is 5.29. The van der Waals surface area contributed by atoms with Gasteiger partial charge in [-0.3, -0.25) is 20.2 Å². The van der Waals surface area contributed by atoms with Crippen LogP contribution in [0.4, 0.5) is 17.1 Å². The topological polar surface area (TPSA) is 136 Å². The van der Waals surface area contributed by atoms with Crippen LogP contribution in [0.5, 0.6) is 0 Å². The number of nitro benzene ring substituents is 2. The van der Waals surface area contributed by atoms with Crippen LogP contribution in [0, 0.1) is 20.2 Å². The largest absolute Gasteiger partial charge is 0.480 e. The number of benzene rings is 1. The maximum absolute atomic E-state index is 10.9. The summed E-state index contributed by atoms with van der Waals surface area (Å²) >= 11 is 0. The maximum Gasteiger partial charge on any atom is 0.326 e. The van der Waals surface area contributed by atoms with Gasteiger partial charge in [0.2, 0.25) is 0 Å². The molecule has 0 aliphatic rings. The Morgan fingerprint density at radius 3 is 2.42 bits per heavy atom. The van der Waals surface area contributed by atoms with Crippen LogP contribution in [0.2, 0.25) is 0 Å². The van der Waals surface area contributed by atoms with Crippen molar-refractivity contribution in [3.05, 3.63) is 38.4 Å². The summed E-state index contributed by atoms with van der Waals surface area (Å²) in [6, 6.07) is 1.99. The second-order valence-corrected chi connectivity index (χ2v) is 3.66. The van der Waals surface area contributed by atoms with E-state index in [0.717, 1.165) is 18.2 Å². The Balaban J connectivity index is 3.16. The lowest BCUT2D eigenvalue weighted by Gasteiger charge is -2.13. The van der Waals surface area contributed by atoms with E-state index < -0.39 is 33.2 Å². The predicted molar refractivity (Wildman–Crippen MR) is 65.1 cm³/mol. The third-order valence-corrected chi connectivity index (χ3v) is 2.42. The molecule has 9 nitrogen and oxygen atoms in total. The molecule has 1 unspecified atom stereocenters. The first kappa shape index (κ1) is 14.4. The van der Waals surface area contributed by atoms with Crippen LogP contribution >= 0.6 is 0 Å². The minimum atomic E-state index is -1.16. The summed E-state index contributed by atoms with van der Waals surface area (Å²) in [5, 5.41) is 32.7. The lowest BCUT2D eigenvalue weighted by molar-refractivity contribution is -0.393. The Kier molecular flexibility index (Phi) is 4.35. The fourth-order valence-corrected chi connectivity index (χ4v) is 1.43. The highest BCUT2D eigenvalue weighted by atomic mass is 16.6. The maximum atomic E-state index is 10.9. The van der Waals surface area contributed by atoms with Crippen LogP contribution in [-0.2, 0) is 4.79 Å². The molecule has 102 valence electrons. The third kappa shape index (κ3) is 3.37. The molecule has 2 N–H and O–H groups in total. The van der Waals surface area contributed by atoms with E-state index in [4.69, 9.17) is 5.11 Å². The zero-order valence-electron chi connectivity index (χ0n) is 9.90. The molecule has 1 atom stereocenters. The van der Waals surface area contributed by atoms with Gasteiger partial charge in [-0.1, -0.05) is 6.92 Å². The van der Waals surface area contributed by atoms with Gasteiger partial charge in [-0.25, -0.2) is 4.79 Å². The van der Waals surface area contributed by atoms with E-state index in [-0.39, 0.29) is 12.1 Å². The summed E-state index contributed by atoms with van der Waals surface area (Å²) in [6.07, 6.45) is 0.212. The fraction of sp³-hybridized carbons (Fsp3) is 0.300. The van der Waals surface area contributed by atoms with Gasteiger partial charge in [0, 0.05) is 6.07 Å². The minimum Gasteiger partial charge on any atom is -0.480 e. The van der Waals surface area contributed by atoms with E-state index >= 15 is 0 Å². The van der Waals surface area contributed by atoms with Crippen LogP contribution in [0.3, 0.4) is 0 Å². The smallest absolute Gasteiger partial charge is 0.326 e. The van der Waals surface area contributed by atoms with E-state index in [0.29, 0.717) is 0 Å². The van der Waals surface area contributed by atoms with Gasteiger partial charge in [-0.15, -0.1) is 0 Å². The van der Waals surface area contributed by atoms with Crippen LogP contribution in [-0.4, -0.2) is 27.0 Å². The van der Waals surface area contributed by atoms with Crippen molar-refractivity contribution in [2.24, 2.45) is 0 Å². The van der Waals surface area contributed by atoms with Crippen LogP contribution in [0.15, 0.2) is 18.2 Å². The summed E-state index contributed by atoms with van der Waals surface area (Å²) < 4.78 is 0. The highest BCUT2D eigenvalue weighted by Crippen LogP contribution is 2.29. The Morgan fingerprint density at radius 2 is 2.00 bits per heavy atom. The molecule has 0 aliphatic carbocycles. The Hall–Kier alpha value is -2.71. The molecule has 0 bridgehead atoms. The first-order chi connectivity index (χ1) is 8.86. The molecular formula is C10H11N3O6. The molecule has 0 aromatic heterocycles. The number of rotatable bonds is 6. The molecular weight excluding hydrogens is 258 g/mol. The molecule has 0 spiro atoms. The van der Waals surface area contributed by atoms with E-state index in [2.05, 4.69) is 5.32 Å². The van der Waals surface area contributed by atoms with Crippen molar-refractivity contribution in [2.75, 3.05) is 5.32 Å². The number of nitrogens with zero attached hydrogens (tertiary/aromatic N) is 2. The number of carboxylic acids is 1. The van der Waals surface area contributed by atoms with Gasteiger partial charge >= 0.3 is 5.97 Å². The molecule has 1 aromatic rings. The van der Waals surface area contributed by atoms with Crippen molar-refractivity contribution in [3.8, 4) is 0 Å². The molecule has 0 heterocycles. The van der Waals surface area contributed by atoms with Gasteiger partial charge in [-0.05, 0) is 12.5 Å². The second kappa shape index (κ2) is 5.76. The number of anilines is 1. The lowest BCUT2D eigenvalue weighted by Crippen LogP contribution is -2.28. The van der Waals surface area contributed by atoms with Crippen LogP contribution < -0.4 is 5.32 Å². The van der Waals surface area contributed by atoms with Gasteiger partial charge in [0.05, 0.1) is 15.9 Å². The number of non-ortho nitro benzene ring substituents is 1. The van der Waals surface area contributed by atoms with E-state index in [1.807, 2.05) is 0 Å². The monoisotopic (exact) mass is 269 g/mol. The molecule has 0 amide bonds. The predicted octanol–water partition coefficient (Wildman–Crippen LogP) is 1.78. The van der Waals surface area contributed by atoms with Gasteiger partial charge in [-0.2, -0.15) is 0 Å². The summed E-state index contributed by atoms with van der Waals surface area (Å²) in [6.45, 7) is 1.60. The lowest BCUT2D eigenvalue weighted by atomic mass is 10.2. The van der Waals surface area contributed by atoms with Crippen molar-refractivity contribution >= 4 is 23.0 Å². The number of carbonyl (C=O) groups is 1. The molecule has 0 fully saturated rings. The van der Waals surface area contributed by atoms with Crippen molar-refractivity contribution in [3.63, 3.8) is 0 Å². The average molecular weight is 269 g/mol. The van der Waals surface area contributed by atoms with Crippen LogP contribution in [0.1, 0.15) is 13.3 Å². The number of hydrogen-bond donors (Lipinski definition) is 2. The van der Waals surface area contributed by atoms with Gasteiger partial charge in [0.15, 0.2) is 0 Å². The minimum absolute atomic E-state index is 0.0650. The summed E-state index contributed by atoms with van der Waals surface area (Å²) in [4.78, 5) is 30.7. The van der Waals surface area contributed by atoms with Gasteiger partial charge in [0.25, 0.3) is 11.4 Å². The van der Waals surface area contributed by atoms with Crippen molar-refractivity contribution in [1.82, 2.24) is 0 Å². The van der Waals surface area contributed by atoms with Crippen molar-refractivity contribution in [2.45, 2.75) is 19.4 Å². The average Bonchev–Trinajstić information content (AvgIpc) is 2.35. The van der Waals surface area contributed by atoms with E-state index in [9.17, 15) is 25.0 Å². The number of aliphatic carboxylic acids is 1. The highest BCUT2D eigenvalue weighted by molar-refractivity contribution is 5.79. The Labute approximate surface area is 107 Å². The van der Waals surface area contributed by atoms with Crippen molar-refractivity contribution < 1.29 is 19.7 Å². The van der Waals surface area contributed by atoms with Gasteiger partial charge < -0.3 is 10.4 Å². The first-order valence-corrected chi connectivity index (χ1v) is 5.29. The molecule has 0 saturated carbocycles. The fourth-order valence-electron chi connectivity index (χ4n) is 1.43. The zero-order valence-corrected chi connectivity index (χ0v) is 9.90. The summed E-state index contributed by atoms with van der Waals surface area (Å²) in [5.74, 6) is -1.16. The molecule has 0 radical (unpaired) electrons. The molecule has 19 heavy (non-hydrogen) atoms. The zero-order chi connectivity index (χ0) is 14.6. The normalized spacial score (nSPS) is 11.6. The quantitative estimate of drug-likeness (QED) is 0.593. The van der Waals surface area contributed by atoms with E-state index in [1.165, 1.54) is 0 Å². The molecule has 1 aromatic carbocycles. The van der Waals surface area contributed by atoms with Crippen LogP contribution in [0.25, 0.3) is 0 Å². The molecule has 0 saturated heterocycles. The highest BCUT2D eigenvalue weighted by Gasteiger charge is 2.23. The second-order valence-electron chi connectivity index (χ2n) is 3.66. The SMILES string of the molecule is CCC(Nc1ccc([N+](=O)[O-])cc1[N+](=O)[O-])C(=O)O. The third-order valence-electron chi connectivity index (χ3n) is 2.42. The summed E-state index contributed by atoms with van der Waals surface area (Å²) in [7, 11) is 0. The number of nitro groups is 2. The number of carboxylic acid groups (broad SMARTS) is 1. The Morgan fingerprint density at radius 1 is 1.37 bits per heavy atom. The van der Waals surface area contributed by atoms with E-state index in [1.54, 1.807) is 6.92 Å². The van der Waals surface area contributed by atoms with Gasteiger partial charge in [0.1, 0.15) is 11.7 Å².